The molecule has 3 heterocycles. The van der Waals surface area contributed by atoms with E-state index in [9.17, 15) is 0 Å². The molecule has 4 nitrogen and oxygen atoms in total. The first kappa shape index (κ1) is 11.1. The molecule has 0 saturated heterocycles. The van der Waals surface area contributed by atoms with E-state index in [0.29, 0.717) is 11.6 Å². The van der Waals surface area contributed by atoms with Crippen LogP contribution in [-0.4, -0.2) is 15.0 Å². The number of fused-ring (bicyclic) bond motifs is 1. The number of rotatable bonds is 1. The van der Waals surface area contributed by atoms with Gasteiger partial charge in [-0.2, -0.15) is 0 Å². The summed E-state index contributed by atoms with van der Waals surface area (Å²) in [6.45, 7) is 4.03. The van der Waals surface area contributed by atoms with Gasteiger partial charge in [-0.05, 0) is 31.5 Å². The van der Waals surface area contributed by atoms with Gasteiger partial charge in [0.15, 0.2) is 5.82 Å². The fraction of sp³-hybridized carbons (Fsp3) is 0.154. The Morgan fingerprint density at radius 3 is 2.83 bits per heavy atom. The number of thiophene rings is 1. The van der Waals surface area contributed by atoms with E-state index in [1.54, 1.807) is 17.5 Å². The highest BCUT2D eigenvalue weighted by atomic mass is 32.1. The van der Waals surface area contributed by atoms with Gasteiger partial charge in [0.2, 0.25) is 0 Å². The van der Waals surface area contributed by atoms with E-state index in [1.165, 1.54) is 4.88 Å². The summed E-state index contributed by atoms with van der Waals surface area (Å²) in [5.74, 6) is 1.12. The molecule has 0 aliphatic rings. The van der Waals surface area contributed by atoms with Crippen molar-refractivity contribution < 1.29 is 0 Å². The van der Waals surface area contributed by atoms with Crippen LogP contribution in [0.15, 0.2) is 24.4 Å². The number of aryl methyl sites for hydroxylation is 2. The Kier molecular flexibility index (Phi) is 2.48. The number of nitrogen functional groups attached to an aromatic ring is 1. The maximum atomic E-state index is 5.99. The van der Waals surface area contributed by atoms with E-state index in [1.807, 2.05) is 32.0 Å². The summed E-state index contributed by atoms with van der Waals surface area (Å²) in [4.78, 5) is 15.3. The van der Waals surface area contributed by atoms with Gasteiger partial charge >= 0.3 is 0 Å². The molecule has 0 atom stereocenters. The summed E-state index contributed by atoms with van der Waals surface area (Å²) < 4.78 is 0. The summed E-state index contributed by atoms with van der Waals surface area (Å²) in [5, 5.41) is 0.926. The maximum absolute atomic E-state index is 5.99. The van der Waals surface area contributed by atoms with E-state index in [0.717, 1.165) is 21.5 Å². The fourth-order valence-electron chi connectivity index (χ4n) is 1.89. The smallest absolute Gasteiger partial charge is 0.181 e. The molecule has 3 aromatic rings. The predicted molar refractivity (Wildman–Crippen MR) is 74.5 cm³/mol. The lowest BCUT2D eigenvalue weighted by atomic mass is 10.2. The molecule has 3 aromatic heterocycles. The van der Waals surface area contributed by atoms with Gasteiger partial charge in [0, 0.05) is 11.1 Å². The highest BCUT2D eigenvalue weighted by Crippen LogP contribution is 2.29. The van der Waals surface area contributed by atoms with Crippen molar-refractivity contribution in [2.24, 2.45) is 0 Å². The SMILES string of the molecule is Cc1cc2c(N)nc(-c3ncccc3C)nc2s1. The van der Waals surface area contributed by atoms with Gasteiger partial charge < -0.3 is 5.73 Å². The summed E-state index contributed by atoms with van der Waals surface area (Å²) >= 11 is 1.62. The molecule has 0 bridgehead atoms. The molecule has 0 fully saturated rings. The summed E-state index contributed by atoms with van der Waals surface area (Å²) in [6.07, 6.45) is 1.74. The van der Waals surface area contributed by atoms with Gasteiger partial charge in [-0.1, -0.05) is 6.07 Å². The molecule has 0 aliphatic carbocycles. The quantitative estimate of drug-likeness (QED) is 0.727. The first-order chi connectivity index (χ1) is 8.65. The Labute approximate surface area is 109 Å². The number of anilines is 1. The van der Waals surface area contributed by atoms with Gasteiger partial charge in [0.1, 0.15) is 16.3 Å². The fourth-order valence-corrected chi connectivity index (χ4v) is 2.78. The van der Waals surface area contributed by atoms with Crippen LogP contribution in [0.25, 0.3) is 21.7 Å². The zero-order chi connectivity index (χ0) is 12.7. The van der Waals surface area contributed by atoms with Crippen molar-refractivity contribution in [3.8, 4) is 11.5 Å². The standard InChI is InChI=1S/C13H12N4S/c1-7-4-3-5-15-10(7)12-16-11(14)9-6-8(2)18-13(9)17-12/h3-6H,1-2H3,(H2,14,16,17). The third-order valence-electron chi connectivity index (χ3n) is 2.77. The number of pyridine rings is 1. The molecule has 5 heteroatoms. The van der Waals surface area contributed by atoms with E-state index < -0.39 is 0 Å². The van der Waals surface area contributed by atoms with Gasteiger partial charge in [-0.25, -0.2) is 9.97 Å². The molecular formula is C13H12N4S. The van der Waals surface area contributed by atoms with Crippen molar-refractivity contribution in [3.63, 3.8) is 0 Å². The number of hydrogen-bond donors (Lipinski definition) is 1. The zero-order valence-corrected chi connectivity index (χ0v) is 11.0. The third-order valence-corrected chi connectivity index (χ3v) is 3.71. The Balaban J connectivity index is 2.28. The molecule has 0 aliphatic heterocycles. The minimum absolute atomic E-state index is 0.518. The molecule has 2 N–H and O–H groups in total. The van der Waals surface area contributed by atoms with Crippen LogP contribution in [0.4, 0.5) is 5.82 Å². The predicted octanol–water partition coefficient (Wildman–Crippen LogP) is 2.95. The van der Waals surface area contributed by atoms with Crippen LogP contribution in [0.2, 0.25) is 0 Å². The second-order valence-corrected chi connectivity index (χ2v) is 5.41. The molecular weight excluding hydrogens is 244 g/mol. The highest BCUT2D eigenvalue weighted by Gasteiger charge is 2.11. The van der Waals surface area contributed by atoms with Crippen molar-refractivity contribution >= 4 is 27.4 Å². The lowest BCUT2D eigenvalue weighted by Crippen LogP contribution is -1.98. The van der Waals surface area contributed by atoms with Gasteiger partial charge in [0.05, 0.1) is 5.39 Å². The van der Waals surface area contributed by atoms with E-state index in [4.69, 9.17) is 5.73 Å². The number of nitrogens with two attached hydrogens (primary N) is 1. The second-order valence-electron chi connectivity index (χ2n) is 4.18. The van der Waals surface area contributed by atoms with Crippen molar-refractivity contribution in [2.45, 2.75) is 13.8 Å². The lowest BCUT2D eigenvalue weighted by molar-refractivity contribution is 1.16. The van der Waals surface area contributed by atoms with Gasteiger partial charge in [0.25, 0.3) is 0 Å². The minimum atomic E-state index is 0.518. The van der Waals surface area contributed by atoms with Crippen LogP contribution in [0.3, 0.4) is 0 Å². The molecule has 0 amide bonds. The Bertz CT molecular complexity index is 733. The topological polar surface area (TPSA) is 64.7 Å². The maximum Gasteiger partial charge on any atom is 0.181 e. The summed E-state index contributed by atoms with van der Waals surface area (Å²) in [5.41, 5.74) is 7.82. The average molecular weight is 256 g/mol. The largest absolute Gasteiger partial charge is 0.383 e. The van der Waals surface area contributed by atoms with Crippen molar-refractivity contribution in [1.82, 2.24) is 15.0 Å². The van der Waals surface area contributed by atoms with E-state index in [-0.39, 0.29) is 0 Å². The molecule has 0 radical (unpaired) electrons. The monoisotopic (exact) mass is 256 g/mol. The van der Waals surface area contributed by atoms with Gasteiger partial charge in [-0.3, -0.25) is 4.98 Å². The summed E-state index contributed by atoms with van der Waals surface area (Å²) in [6, 6.07) is 5.91. The third kappa shape index (κ3) is 1.73. The van der Waals surface area contributed by atoms with Crippen LogP contribution in [0.1, 0.15) is 10.4 Å². The van der Waals surface area contributed by atoms with Crippen LogP contribution in [0, 0.1) is 13.8 Å². The lowest BCUT2D eigenvalue weighted by Gasteiger charge is -2.04. The number of aromatic nitrogens is 3. The van der Waals surface area contributed by atoms with Crippen LogP contribution < -0.4 is 5.73 Å². The molecule has 0 unspecified atom stereocenters. The molecule has 0 aromatic carbocycles. The van der Waals surface area contributed by atoms with Gasteiger partial charge in [-0.15, -0.1) is 11.3 Å². The van der Waals surface area contributed by atoms with Crippen molar-refractivity contribution in [2.75, 3.05) is 5.73 Å². The van der Waals surface area contributed by atoms with Crippen LogP contribution in [-0.2, 0) is 0 Å². The first-order valence-corrected chi connectivity index (χ1v) is 6.42. The van der Waals surface area contributed by atoms with Crippen LogP contribution >= 0.6 is 11.3 Å². The van der Waals surface area contributed by atoms with E-state index in [2.05, 4.69) is 15.0 Å². The Morgan fingerprint density at radius 1 is 1.22 bits per heavy atom. The molecule has 18 heavy (non-hydrogen) atoms. The Morgan fingerprint density at radius 2 is 2.06 bits per heavy atom. The Hall–Kier alpha value is -2.01. The first-order valence-electron chi connectivity index (χ1n) is 5.61. The van der Waals surface area contributed by atoms with Crippen LogP contribution in [0.5, 0.6) is 0 Å². The van der Waals surface area contributed by atoms with Crippen molar-refractivity contribution in [1.29, 1.82) is 0 Å². The van der Waals surface area contributed by atoms with E-state index >= 15 is 0 Å². The molecule has 3 rings (SSSR count). The molecule has 0 spiro atoms. The number of nitrogens with zero attached hydrogens (tertiary/aromatic N) is 3. The minimum Gasteiger partial charge on any atom is -0.383 e. The van der Waals surface area contributed by atoms with Crippen molar-refractivity contribution in [3.05, 3.63) is 34.8 Å². The highest BCUT2D eigenvalue weighted by molar-refractivity contribution is 7.18. The zero-order valence-electron chi connectivity index (χ0n) is 10.1. The second kappa shape index (κ2) is 4.03. The normalized spacial score (nSPS) is 11.0. The molecule has 0 saturated carbocycles. The number of hydrogen-bond acceptors (Lipinski definition) is 5. The summed E-state index contributed by atoms with van der Waals surface area (Å²) in [7, 11) is 0. The average Bonchev–Trinajstić information content (AvgIpc) is 2.71. The molecule has 90 valence electrons.